The Labute approximate surface area is 195 Å². The Morgan fingerprint density at radius 1 is 0.829 bits per heavy atom. The summed E-state index contributed by atoms with van der Waals surface area (Å²) in [5.41, 5.74) is -0.490. The Kier molecular flexibility index (Phi) is 5.20. The zero-order chi connectivity index (χ0) is 24.7. The number of H-pyrrole nitrogens is 1. The molecule has 2 heterocycles. The molecule has 0 fully saturated rings. The van der Waals surface area contributed by atoms with Gasteiger partial charge in [-0.3, -0.25) is 20.0 Å². The highest BCUT2D eigenvalue weighted by Crippen LogP contribution is 2.37. The second-order valence-corrected chi connectivity index (χ2v) is 7.70. The molecule has 0 aliphatic rings. The first kappa shape index (κ1) is 22.1. The predicted octanol–water partition coefficient (Wildman–Crippen LogP) is 5.95. The number of nitrogens with one attached hydrogen (secondary N) is 1. The normalized spacial score (nSPS) is 11.6. The van der Waals surface area contributed by atoms with Crippen molar-refractivity contribution in [3.63, 3.8) is 0 Å². The van der Waals surface area contributed by atoms with Crippen molar-refractivity contribution in [3.05, 3.63) is 111 Å². The maximum Gasteiger partial charge on any atom is 0.416 e. The summed E-state index contributed by atoms with van der Waals surface area (Å²) in [5, 5.41) is 14.7. The smallest absolute Gasteiger partial charge is 0.288 e. The highest BCUT2D eigenvalue weighted by Gasteiger charge is 2.31. The van der Waals surface area contributed by atoms with E-state index >= 15 is 0 Å². The molecule has 0 atom stereocenters. The Morgan fingerprint density at radius 3 is 1.94 bits per heavy atom. The summed E-state index contributed by atoms with van der Waals surface area (Å²) in [4.78, 5) is 28.8. The molecule has 0 bridgehead atoms. The highest BCUT2D eigenvalue weighted by atomic mass is 19.4. The van der Waals surface area contributed by atoms with Crippen molar-refractivity contribution >= 4 is 11.3 Å². The number of hydrogen-bond acceptors (Lipinski definition) is 4. The van der Waals surface area contributed by atoms with E-state index in [1.807, 2.05) is 0 Å². The first-order chi connectivity index (χ1) is 16.8. The molecule has 35 heavy (non-hydrogen) atoms. The molecule has 2 aromatic heterocycles. The van der Waals surface area contributed by atoms with Crippen molar-refractivity contribution < 1.29 is 18.1 Å². The van der Waals surface area contributed by atoms with Gasteiger partial charge in [-0.15, -0.1) is 0 Å². The van der Waals surface area contributed by atoms with Crippen molar-refractivity contribution in [2.24, 2.45) is 0 Å². The molecule has 0 spiro atoms. The van der Waals surface area contributed by atoms with E-state index in [2.05, 4.69) is 10.1 Å². The monoisotopic (exact) mass is 476 g/mol. The summed E-state index contributed by atoms with van der Waals surface area (Å²) in [6.07, 6.45) is -4.52. The summed E-state index contributed by atoms with van der Waals surface area (Å²) >= 11 is 0. The SMILES string of the molecule is O=c1c([N+](=O)[O-])c(-c2ccccc2)nc2c(-c3ccc(C(F)(F)F)cc3)c(-c3ccccc3)[nH]n12. The molecule has 0 saturated carbocycles. The van der Waals surface area contributed by atoms with E-state index < -0.39 is 27.9 Å². The molecule has 3 aromatic carbocycles. The average molecular weight is 476 g/mol. The maximum atomic E-state index is 13.3. The van der Waals surface area contributed by atoms with Gasteiger partial charge in [-0.2, -0.15) is 17.7 Å². The summed E-state index contributed by atoms with van der Waals surface area (Å²) in [6, 6.07) is 21.5. The molecule has 0 amide bonds. The number of nitro groups is 1. The Balaban J connectivity index is 1.88. The van der Waals surface area contributed by atoms with Crippen LogP contribution in [-0.2, 0) is 6.18 Å². The van der Waals surface area contributed by atoms with Crippen molar-refractivity contribution in [3.8, 4) is 33.6 Å². The molecule has 174 valence electrons. The molecular weight excluding hydrogens is 461 g/mol. The van der Waals surface area contributed by atoms with Crippen LogP contribution < -0.4 is 5.56 Å². The van der Waals surface area contributed by atoms with E-state index in [4.69, 9.17) is 0 Å². The molecular formula is C25H15F3N4O3. The topological polar surface area (TPSA) is 93.3 Å². The lowest BCUT2D eigenvalue weighted by Gasteiger charge is -2.09. The van der Waals surface area contributed by atoms with Gasteiger partial charge in [0.15, 0.2) is 11.3 Å². The molecule has 0 saturated heterocycles. The Hall–Kier alpha value is -4.73. The molecule has 1 N–H and O–H groups in total. The fourth-order valence-electron chi connectivity index (χ4n) is 3.94. The molecule has 0 aliphatic carbocycles. The van der Waals surface area contributed by atoms with Gasteiger partial charge in [0.25, 0.3) is 0 Å². The molecule has 0 radical (unpaired) electrons. The van der Waals surface area contributed by atoms with Gasteiger partial charge in [-0.1, -0.05) is 72.8 Å². The third-order valence-electron chi connectivity index (χ3n) is 5.55. The van der Waals surface area contributed by atoms with Gasteiger partial charge in [0.05, 0.1) is 21.7 Å². The van der Waals surface area contributed by atoms with E-state index in [1.165, 1.54) is 12.1 Å². The number of fused-ring (bicyclic) bond motifs is 1. The van der Waals surface area contributed by atoms with Crippen LogP contribution in [0, 0.1) is 10.1 Å². The van der Waals surface area contributed by atoms with Crippen molar-refractivity contribution in [2.75, 3.05) is 0 Å². The van der Waals surface area contributed by atoms with Crippen LogP contribution in [0.5, 0.6) is 0 Å². The second kappa shape index (κ2) is 8.24. The van der Waals surface area contributed by atoms with E-state index in [0.717, 1.165) is 16.6 Å². The lowest BCUT2D eigenvalue weighted by atomic mass is 10.00. The van der Waals surface area contributed by atoms with Crippen LogP contribution in [-0.4, -0.2) is 19.5 Å². The van der Waals surface area contributed by atoms with E-state index in [-0.39, 0.29) is 11.3 Å². The number of hydrogen-bond donors (Lipinski definition) is 1. The molecule has 10 heteroatoms. The van der Waals surface area contributed by atoms with Crippen LogP contribution >= 0.6 is 0 Å². The van der Waals surface area contributed by atoms with E-state index in [0.29, 0.717) is 27.9 Å². The van der Waals surface area contributed by atoms with Crippen LogP contribution in [0.15, 0.2) is 89.7 Å². The molecule has 0 unspecified atom stereocenters. The molecule has 0 aliphatic heterocycles. The van der Waals surface area contributed by atoms with Crippen molar-refractivity contribution in [1.29, 1.82) is 0 Å². The van der Waals surface area contributed by atoms with Crippen LogP contribution in [0.2, 0.25) is 0 Å². The van der Waals surface area contributed by atoms with Crippen molar-refractivity contribution in [1.82, 2.24) is 14.6 Å². The van der Waals surface area contributed by atoms with Gasteiger partial charge in [0.2, 0.25) is 0 Å². The first-order valence-corrected chi connectivity index (χ1v) is 10.4. The lowest BCUT2D eigenvalue weighted by Crippen LogP contribution is -2.20. The summed E-state index contributed by atoms with van der Waals surface area (Å²) < 4.78 is 40.4. The minimum absolute atomic E-state index is 0.0538. The third-order valence-corrected chi connectivity index (χ3v) is 5.55. The van der Waals surface area contributed by atoms with Gasteiger partial charge in [-0.05, 0) is 17.7 Å². The van der Waals surface area contributed by atoms with Gasteiger partial charge in [0, 0.05) is 11.1 Å². The van der Waals surface area contributed by atoms with Crippen LogP contribution in [0.4, 0.5) is 18.9 Å². The Morgan fingerprint density at radius 2 is 1.40 bits per heavy atom. The number of nitrogens with zero attached hydrogens (tertiary/aromatic N) is 3. The zero-order valence-corrected chi connectivity index (χ0v) is 17.8. The van der Waals surface area contributed by atoms with Crippen LogP contribution in [0.25, 0.3) is 39.3 Å². The van der Waals surface area contributed by atoms with Gasteiger partial charge in [0.1, 0.15) is 0 Å². The van der Waals surface area contributed by atoms with Gasteiger partial charge in [-0.25, -0.2) is 4.98 Å². The number of aromatic nitrogens is 3. The molecule has 5 rings (SSSR count). The predicted molar refractivity (Wildman–Crippen MR) is 124 cm³/mol. The minimum atomic E-state index is -4.52. The third kappa shape index (κ3) is 3.84. The summed E-state index contributed by atoms with van der Waals surface area (Å²) in [6.45, 7) is 0. The van der Waals surface area contributed by atoms with Crippen LogP contribution in [0.1, 0.15) is 5.56 Å². The Bertz CT molecular complexity index is 1610. The van der Waals surface area contributed by atoms with Gasteiger partial charge >= 0.3 is 17.4 Å². The summed E-state index contributed by atoms with van der Waals surface area (Å²) in [5.74, 6) is 0. The highest BCUT2D eigenvalue weighted by molar-refractivity contribution is 5.91. The number of aromatic amines is 1. The minimum Gasteiger partial charge on any atom is -0.288 e. The quantitative estimate of drug-likeness (QED) is 0.256. The number of rotatable bonds is 4. The van der Waals surface area contributed by atoms with Crippen molar-refractivity contribution in [2.45, 2.75) is 6.18 Å². The number of benzene rings is 3. The number of alkyl halides is 3. The lowest BCUT2D eigenvalue weighted by molar-refractivity contribution is -0.385. The largest absolute Gasteiger partial charge is 0.416 e. The first-order valence-electron chi connectivity index (χ1n) is 10.4. The number of halogens is 3. The average Bonchev–Trinajstić information content (AvgIpc) is 3.24. The van der Waals surface area contributed by atoms with Crippen LogP contribution in [0.3, 0.4) is 0 Å². The molecule has 7 nitrogen and oxygen atoms in total. The van der Waals surface area contributed by atoms with E-state index in [1.54, 1.807) is 60.7 Å². The fourth-order valence-corrected chi connectivity index (χ4v) is 3.94. The standard InChI is InChI=1S/C25H15F3N4O3/c26-25(27,28)18-13-11-15(12-14-18)19-20(16-7-3-1-4-8-16)30-31-23(19)29-21(17-9-5-2-6-10-17)22(24(31)33)32(34)35/h1-14,30H. The second-order valence-electron chi connectivity index (χ2n) is 7.70. The summed E-state index contributed by atoms with van der Waals surface area (Å²) in [7, 11) is 0. The maximum absolute atomic E-state index is 13.3. The zero-order valence-electron chi connectivity index (χ0n) is 17.8. The van der Waals surface area contributed by atoms with Gasteiger partial charge < -0.3 is 0 Å². The molecule has 5 aromatic rings. The fraction of sp³-hybridized carbons (Fsp3) is 0.0400. The van der Waals surface area contributed by atoms with E-state index in [9.17, 15) is 28.1 Å².